The van der Waals surface area contributed by atoms with Gasteiger partial charge in [-0.3, -0.25) is 9.78 Å². The first-order valence-electron chi connectivity index (χ1n) is 4.21. The molecule has 0 aliphatic heterocycles. The lowest BCUT2D eigenvalue weighted by atomic mass is 10.2. The zero-order valence-electron chi connectivity index (χ0n) is 7.58. The topological polar surface area (TPSA) is 68.0 Å². The van der Waals surface area contributed by atoms with Crippen molar-refractivity contribution < 1.29 is 4.79 Å². The molecule has 0 aliphatic rings. The Bertz CT molecular complexity index is 299. The summed E-state index contributed by atoms with van der Waals surface area (Å²) in [6.45, 7) is 2.90. The summed E-state index contributed by atoms with van der Waals surface area (Å²) >= 11 is 0. The lowest BCUT2D eigenvalue weighted by Crippen LogP contribution is -2.23. The van der Waals surface area contributed by atoms with Gasteiger partial charge >= 0.3 is 0 Å². The maximum Gasteiger partial charge on any atom is 0.269 e. The fourth-order valence-corrected chi connectivity index (χ4v) is 0.977. The highest BCUT2D eigenvalue weighted by molar-refractivity contribution is 5.92. The Hall–Kier alpha value is -1.42. The van der Waals surface area contributed by atoms with E-state index in [2.05, 4.69) is 10.3 Å². The SMILES string of the molecule is CCNC(=O)c1cc(CN)ccn1. The smallest absolute Gasteiger partial charge is 0.269 e. The first kappa shape index (κ1) is 9.67. The number of pyridine rings is 1. The first-order valence-corrected chi connectivity index (χ1v) is 4.21. The summed E-state index contributed by atoms with van der Waals surface area (Å²) in [6.07, 6.45) is 1.59. The van der Waals surface area contributed by atoms with Crippen LogP contribution in [0.4, 0.5) is 0 Å². The molecule has 0 saturated heterocycles. The highest BCUT2D eigenvalue weighted by Gasteiger charge is 2.04. The monoisotopic (exact) mass is 179 g/mol. The van der Waals surface area contributed by atoms with Crippen LogP contribution in [0.15, 0.2) is 18.3 Å². The molecule has 70 valence electrons. The normalized spacial score (nSPS) is 9.69. The van der Waals surface area contributed by atoms with Crippen LogP contribution in [-0.4, -0.2) is 17.4 Å². The molecule has 0 aromatic carbocycles. The number of hydrogen-bond donors (Lipinski definition) is 2. The predicted octanol–water partition coefficient (Wildman–Crippen LogP) is 0.290. The molecule has 0 atom stereocenters. The molecule has 1 amide bonds. The van der Waals surface area contributed by atoms with Gasteiger partial charge in [-0.25, -0.2) is 0 Å². The molecule has 0 spiro atoms. The molecule has 13 heavy (non-hydrogen) atoms. The van der Waals surface area contributed by atoms with Gasteiger partial charge in [0.1, 0.15) is 5.69 Å². The summed E-state index contributed by atoms with van der Waals surface area (Å²) in [5.74, 6) is -0.155. The van der Waals surface area contributed by atoms with Crippen LogP contribution in [-0.2, 0) is 6.54 Å². The molecule has 4 heteroatoms. The van der Waals surface area contributed by atoms with Crippen LogP contribution in [0.1, 0.15) is 23.0 Å². The van der Waals surface area contributed by atoms with Crippen molar-refractivity contribution >= 4 is 5.91 Å². The third kappa shape index (κ3) is 2.52. The Morgan fingerprint density at radius 2 is 2.46 bits per heavy atom. The molecule has 0 radical (unpaired) electrons. The van der Waals surface area contributed by atoms with Gasteiger partial charge in [-0.1, -0.05) is 0 Å². The van der Waals surface area contributed by atoms with Crippen LogP contribution in [0.3, 0.4) is 0 Å². The second kappa shape index (κ2) is 4.57. The van der Waals surface area contributed by atoms with E-state index in [9.17, 15) is 4.79 Å². The van der Waals surface area contributed by atoms with Crippen molar-refractivity contribution in [2.24, 2.45) is 5.73 Å². The third-order valence-corrected chi connectivity index (χ3v) is 1.63. The van der Waals surface area contributed by atoms with Crippen LogP contribution in [0.2, 0.25) is 0 Å². The number of carbonyl (C=O) groups excluding carboxylic acids is 1. The van der Waals surface area contributed by atoms with E-state index < -0.39 is 0 Å². The highest BCUT2D eigenvalue weighted by atomic mass is 16.1. The second-order valence-corrected chi connectivity index (χ2v) is 2.61. The van der Waals surface area contributed by atoms with E-state index in [1.807, 2.05) is 6.92 Å². The number of aromatic nitrogens is 1. The summed E-state index contributed by atoms with van der Waals surface area (Å²) < 4.78 is 0. The number of rotatable bonds is 3. The van der Waals surface area contributed by atoms with Gasteiger partial charge in [-0.2, -0.15) is 0 Å². The van der Waals surface area contributed by atoms with Gasteiger partial charge in [0.05, 0.1) is 0 Å². The Morgan fingerprint density at radius 3 is 3.08 bits per heavy atom. The predicted molar refractivity (Wildman–Crippen MR) is 50.1 cm³/mol. The summed E-state index contributed by atoms with van der Waals surface area (Å²) in [5, 5.41) is 2.67. The minimum Gasteiger partial charge on any atom is -0.351 e. The van der Waals surface area contributed by atoms with E-state index >= 15 is 0 Å². The molecule has 0 bridgehead atoms. The molecule has 0 unspecified atom stereocenters. The lowest BCUT2D eigenvalue weighted by Gasteiger charge is -2.02. The van der Waals surface area contributed by atoms with Crippen molar-refractivity contribution in [3.63, 3.8) is 0 Å². The number of nitrogens with zero attached hydrogens (tertiary/aromatic N) is 1. The van der Waals surface area contributed by atoms with E-state index in [0.29, 0.717) is 18.8 Å². The van der Waals surface area contributed by atoms with E-state index in [-0.39, 0.29) is 5.91 Å². The molecule has 4 nitrogen and oxygen atoms in total. The molecule has 1 rings (SSSR count). The van der Waals surface area contributed by atoms with Gasteiger partial charge in [0.25, 0.3) is 5.91 Å². The maximum atomic E-state index is 11.3. The quantitative estimate of drug-likeness (QED) is 0.700. The van der Waals surface area contributed by atoms with Crippen LogP contribution >= 0.6 is 0 Å². The number of nitrogens with two attached hydrogens (primary N) is 1. The van der Waals surface area contributed by atoms with Gasteiger partial charge in [-0.15, -0.1) is 0 Å². The minimum atomic E-state index is -0.155. The van der Waals surface area contributed by atoms with E-state index in [1.165, 1.54) is 0 Å². The Morgan fingerprint density at radius 1 is 1.69 bits per heavy atom. The molecule has 0 saturated carbocycles. The summed E-state index contributed by atoms with van der Waals surface area (Å²) in [5.41, 5.74) is 6.77. The van der Waals surface area contributed by atoms with Crippen molar-refractivity contribution in [1.82, 2.24) is 10.3 Å². The second-order valence-electron chi connectivity index (χ2n) is 2.61. The van der Waals surface area contributed by atoms with Crippen molar-refractivity contribution in [3.05, 3.63) is 29.6 Å². The maximum absolute atomic E-state index is 11.3. The Labute approximate surface area is 77.2 Å². The first-order chi connectivity index (χ1) is 6.27. The molecule has 0 aliphatic carbocycles. The Balaban J connectivity index is 2.82. The van der Waals surface area contributed by atoms with Gasteiger partial charge in [0.2, 0.25) is 0 Å². The van der Waals surface area contributed by atoms with Crippen LogP contribution in [0, 0.1) is 0 Å². The molecule has 0 fully saturated rings. The molecular formula is C9H13N3O. The highest BCUT2D eigenvalue weighted by Crippen LogP contribution is 2.00. The van der Waals surface area contributed by atoms with Gasteiger partial charge in [-0.05, 0) is 24.6 Å². The zero-order valence-corrected chi connectivity index (χ0v) is 7.58. The van der Waals surface area contributed by atoms with Crippen LogP contribution in [0.25, 0.3) is 0 Å². The fraction of sp³-hybridized carbons (Fsp3) is 0.333. The fourth-order valence-electron chi connectivity index (χ4n) is 0.977. The van der Waals surface area contributed by atoms with E-state index in [4.69, 9.17) is 5.73 Å². The number of nitrogens with one attached hydrogen (secondary N) is 1. The van der Waals surface area contributed by atoms with Gasteiger partial charge in [0, 0.05) is 19.3 Å². The average Bonchev–Trinajstić information content (AvgIpc) is 2.18. The standard InChI is InChI=1S/C9H13N3O/c1-2-11-9(13)8-5-7(6-10)3-4-12-8/h3-5H,2,6,10H2,1H3,(H,11,13). The summed E-state index contributed by atoms with van der Waals surface area (Å²) in [6, 6.07) is 3.49. The van der Waals surface area contributed by atoms with Gasteiger partial charge < -0.3 is 11.1 Å². The van der Waals surface area contributed by atoms with Crippen molar-refractivity contribution in [3.8, 4) is 0 Å². The van der Waals surface area contributed by atoms with Gasteiger partial charge in [0.15, 0.2) is 0 Å². The summed E-state index contributed by atoms with van der Waals surface area (Å²) in [7, 11) is 0. The zero-order chi connectivity index (χ0) is 9.68. The van der Waals surface area contributed by atoms with Crippen molar-refractivity contribution in [1.29, 1.82) is 0 Å². The minimum absolute atomic E-state index is 0.155. The molecule has 3 N–H and O–H groups in total. The third-order valence-electron chi connectivity index (χ3n) is 1.63. The number of hydrogen-bond acceptors (Lipinski definition) is 3. The van der Waals surface area contributed by atoms with Crippen LogP contribution in [0.5, 0.6) is 0 Å². The molecular weight excluding hydrogens is 166 g/mol. The average molecular weight is 179 g/mol. The van der Waals surface area contributed by atoms with E-state index in [1.54, 1.807) is 18.3 Å². The molecule has 1 aromatic heterocycles. The largest absolute Gasteiger partial charge is 0.351 e. The molecule has 1 heterocycles. The number of amides is 1. The lowest BCUT2D eigenvalue weighted by molar-refractivity contribution is 0.0951. The van der Waals surface area contributed by atoms with Crippen LogP contribution < -0.4 is 11.1 Å². The van der Waals surface area contributed by atoms with Crippen molar-refractivity contribution in [2.45, 2.75) is 13.5 Å². The van der Waals surface area contributed by atoms with E-state index in [0.717, 1.165) is 5.56 Å². The number of carbonyl (C=O) groups is 1. The Kier molecular flexibility index (Phi) is 3.40. The molecule has 1 aromatic rings. The van der Waals surface area contributed by atoms with Crippen molar-refractivity contribution in [2.75, 3.05) is 6.54 Å². The summed E-state index contributed by atoms with van der Waals surface area (Å²) in [4.78, 5) is 15.2.